The van der Waals surface area contributed by atoms with Gasteiger partial charge in [0, 0.05) is 6.07 Å². The molecule has 0 N–H and O–H groups in total. The van der Waals surface area contributed by atoms with E-state index >= 15 is 0 Å². The summed E-state index contributed by atoms with van der Waals surface area (Å²) in [5, 5.41) is 10.5. The number of benzene rings is 1. The maximum absolute atomic E-state index is 12.2. The van der Waals surface area contributed by atoms with Gasteiger partial charge in [-0.05, 0) is 6.07 Å². The van der Waals surface area contributed by atoms with Crippen LogP contribution in [0.2, 0.25) is 5.02 Å². The van der Waals surface area contributed by atoms with Crippen molar-refractivity contribution >= 4 is 33.2 Å². The second-order valence-electron chi connectivity index (χ2n) is 3.17. The molecule has 1 aromatic carbocycles. The Morgan fingerprint density at radius 3 is 2.61 bits per heavy atom. The smallest absolute Gasteiger partial charge is 0.404 e. The third-order valence-electron chi connectivity index (χ3n) is 1.87. The third kappa shape index (κ3) is 3.74. The summed E-state index contributed by atoms with van der Waals surface area (Å²) in [4.78, 5) is 7.94. The molecule has 9 heteroatoms. The first-order valence-corrected chi connectivity index (χ1v) is 5.79. The monoisotopic (exact) mass is 347 g/mol. The molecule has 18 heavy (non-hydrogen) atoms. The third-order valence-corrected chi connectivity index (χ3v) is 2.95. The fourth-order valence-electron chi connectivity index (χ4n) is 1.04. The van der Waals surface area contributed by atoms with Crippen molar-refractivity contribution in [2.45, 2.75) is 11.0 Å². The Balaban J connectivity index is 2.88. The van der Waals surface area contributed by atoms with E-state index in [0.29, 0.717) is 0 Å². The lowest BCUT2D eigenvalue weighted by Gasteiger charge is -2.15. The molecule has 1 rings (SSSR count). The summed E-state index contributed by atoms with van der Waals surface area (Å²) in [5.74, 6) is -0.377. The molecule has 1 aromatic rings. The van der Waals surface area contributed by atoms with Crippen LogP contribution < -0.4 is 4.74 Å². The average molecular weight is 349 g/mol. The normalized spacial score (nSPS) is 13.2. The van der Waals surface area contributed by atoms with Gasteiger partial charge < -0.3 is 4.74 Å². The number of rotatable bonds is 4. The minimum Gasteiger partial charge on any atom is -0.484 e. The summed E-state index contributed by atoms with van der Waals surface area (Å²) in [6, 6.07) is 3.70. The summed E-state index contributed by atoms with van der Waals surface area (Å²) in [6.45, 7) is -0.811. The molecule has 0 fully saturated rings. The van der Waals surface area contributed by atoms with Gasteiger partial charge in [-0.3, -0.25) is 10.1 Å². The van der Waals surface area contributed by atoms with Crippen LogP contribution >= 0.6 is 27.5 Å². The highest BCUT2D eigenvalue weighted by molar-refractivity contribution is 9.09. The Labute approximate surface area is 113 Å². The van der Waals surface area contributed by atoms with Crippen LogP contribution in [0, 0.1) is 10.1 Å². The molecule has 0 heterocycles. The number of nitro groups is 1. The molecule has 0 aromatic heterocycles. The van der Waals surface area contributed by atoms with Crippen LogP contribution in [-0.2, 0) is 0 Å². The van der Waals surface area contributed by atoms with Crippen molar-refractivity contribution in [1.82, 2.24) is 0 Å². The van der Waals surface area contributed by atoms with Gasteiger partial charge >= 0.3 is 11.9 Å². The van der Waals surface area contributed by atoms with Gasteiger partial charge in [0.1, 0.15) is 11.4 Å². The molecule has 0 saturated heterocycles. The highest BCUT2D eigenvalue weighted by atomic mass is 79.9. The molecule has 0 aliphatic heterocycles. The molecule has 0 saturated carbocycles. The van der Waals surface area contributed by atoms with Gasteiger partial charge in [-0.2, -0.15) is 13.2 Å². The molecule has 0 aliphatic carbocycles. The number of ether oxygens (including phenoxy) is 1. The van der Waals surface area contributed by atoms with Gasteiger partial charge in [0.25, 0.3) is 0 Å². The Kier molecular flexibility index (Phi) is 4.80. The van der Waals surface area contributed by atoms with E-state index in [0.717, 1.165) is 6.07 Å². The van der Waals surface area contributed by atoms with Crippen LogP contribution in [0.3, 0.4) is 0 Å². The number of hydrogen-bond acceptors (Lipinski definition) is 3. The molecule has 4 nitrogen and oxygen atoms in total. The highest BCUT2D eigenvalue weighted by Crippen LogP contribution is 2.35. The molecule has 0 amide bonds. The van der Waals surface area contributed by atoms with E-state index in [1.54, 1.807) is 0 Å². The van der Waals surface area contributed by atoms with Crippen molar-refractivity contribution in [3.8, 4) is 5.75 Å². The average Bonchev–Trinajstić information content (AvgIpc) is 2.25. The van der Waals surface area contributed by atoms with Gasteiger partial charge in [0.05, 0.1) is 9.95 Å². The summed E-state index contributed by atoms with van der Waals surface area (Å²) >= 11 is 8.02. The van der Waals surface area contributed by atoms with Crippen molar-refractivity contribution < 1.29 is 22.8 Å². The predicted molar refractivity (Wildman–Crippen MR) is 62.4 cm³/mol. The first kappa shape index (κ1) is 15.0. The van der Waals surface area contributed by atoms with E-state index in [-0.39, 0.29) is 10.8 Å². The Hall–Kier alpha value is -1.02. The van der Waals surface area contributed by atoms with Crippen LogP contribution in [0.25, 0.3) is 0 Å². The van der Waals surface area contributed by atoms with Crippen molar-refractivity contribution in [3.05, 3.63) is 33.3 Å². The Morgan fingerprint density at radius 1 is 1.50 bits per heavy atom. The number of alkyl halides is 4. The summed E-state index contributed by atoms with van der Waals surface area (Å²) in [6.07, 6.45) is -4.50. The van der Waals surface area contributed by atoms with Gasteiger partial charge in [-0.25, -0.2) is 0 Å². The summed E-state index contributed by atoms with van der Waals surface area (Å²) in [5.41, 5.74) is -0.482. The number of halogens is 5. The Bertz CT molecular complexity index is 455. The molecule has 1 atom stereocenters. The van der Waals surface area contributed by atoms with Crippen molar-refractivity contribution in [3.63, 3.8) is 0 Å². The van der Waals surface area contributed by atoms with Gasteiger partial charge in [0.2, 0.25) is 5.75 Å². The molecule has 0 bridgehead atoms. The van der Waals surface area contributed by atoms with E-state index in [2.05, 4.69) is 15.9 Å². The lowest BCUT2D eigenvalue weighted by Crippen LogP contribution is -2.29. The first-order chi connectivity index (χ1) is 8.23. The SMILES string of the molecule is O=[N+]([O-])c1cccc(Cl)c1OCC(Br)C(F)(F)F. The minimum atomic E-state index is -4.50. The van der Waals surface area contributed by atoms with E-state index in [1.807, 2.05) is 0 Å². The molecular formula is C9H6BrClF3NO3. The van der Waals surface area contributed by atoms with Crippen molar-refractivity contribution in [2.75, 3.05) is 6.61 Å². The van der Waals surface area contributed by atoms with E-state index in [9.17, 15) is 23.3 Å². The van der Waals surface area contributed by atoms with Gasteiger partial charge in [-0.15, -0.1) is 0 Å². The number of para-hydroxylation sites is 1. The first-order valence-electron chi connectivity index (χ1n) is 4.50. The summed E-state index contributed by atoms with van der Waals surface area (Å²) < 4.78 is 41.4. The minimum absolute atomic E-state index is 0.119. The lowest BCUT2D eigenvalue weighted by molar-refractivity contribution is -0.385. The molecule has 100 valence electrons. The molecule has 0 spiro atoms. The van der Waals surface area contributed by atoms with Crippen LogP contribution in [0.4, 0.5) is 18.9 Å². The Morgan fingerprint density at radius 2 is 2.11 bits per heavy atom. The largest absolute Gasteiger partial charge is 0.484 e. The number of hydrogen-bond donors (Lipinski definition) is 0. The van der Waals surface area contributed by atoms with Crippen molar-refractivity contribution in [2.24, 2.45) is 0 Å². The van der Waals surface area contributed by atoms with E-state index in [1.165, 1.54) is 12.1 Å². The standard InChI is InChI=1S/C9H6BrClF3NO3/c10-7(9(12,13)14)4-18-8-5(11)2-1-3-6(8)15(16)17/h1-3,7H,4H2. The number of nitrogens with zero attached hydrogens (tertiary/aromatic N) is 1. The topological polar surface area (TPSA) is 52.4 Å². The van der Waals surface area contributed by atoms with E-state index in [4.69, 9.17) is 16.3 Å². The molecular weight excluding hydrogens is 342 g/mol. The molecule has 0 radical (unpaired) electrons. The zero-order chi connectivity index (χ0) is 13.9. The zero-order valence-electron chi connectivity index (χ0n) is 8.58. The van der Waals surface area contributed by atoms with Crippen LogP contribution in [0.1, 0.15) is 0 Å². The van der Waals surface area contributed by atoms with Crippen LogP contribution in [0.5, 0.6) is 5.75 Å². The second kappa shape index (κ2) is 5.75. The highest BCUT2D eigenvalue weighted by Gasteiger charge is 2.38. The summed E-state index contributed by atoms with van der Waals surface area (Å²) in [7, 11) is 0. The van der Waals surface area contributed by atoms with Crippen LogP contribution in [0.15, 0.2) is 18.2 Å². The van der Waals surface area contributed by atoms with Crippen molar-refractivity contribution in [1.29, 1.82) is 0 Å². The van der Waals surface area contributed by atoms with Gasteiger partial charge in [-0.1, -0.05) is 33.6 Å². The maximum Gasteiger partial charge on any atom is 0.404 e. The molecule has 1 unspecified atom stereocenters. The fraction of sp³-hybridized carbons (Fsp3) is 0.333. The van der Waals surface area contributed by atoms with Crippen LogP contribution in [-0.4, -0.2) is 22.5 Å². The number of nitro benzene ring substituents is 1. The van der Waals surface area contributed by atoms with Gasteiger partial charge in [0.15, 0.2) is 0 Å². The quantitative estimate of drug-likeness (QED) is 0.470. The fourth-order valence-corrected chi connectivity index (χ4v) is 1.39. The lowest BCUT2D eigenvalue weighted by atomic mass is 10.3. The molecule has 0 aliphatic rings. The zero-order valence-corrected chi connectivity index (χ0v) is 10.9. The predicted octanol–water partition coefficient (Wildman–Crippen LogP) is 3.95. The maximum atomic E-state index is 12.2. The second-order valence-corrected chi connectivity index (χ2v) is 4.68. The van der Waals surface area contributed by atoms with E-state index < -0.39 is 28.2 Å².